The van der Waals surface area contributed by atoms with Crippen molar-refractivity contribution < 1.29 is 9.53 Å². The molecule has 2 heterocycles. The number of nitrogens with zero attached hydrogens (tertiary/aromatic N) is 1. The van der Waals surface area contributed by atoms with Gasteiger partial charge in [0.25, 0.3) is 0 Å². The van der Waals surface area contributed by atoms with E-state index < -0.39 is 0 Å². The molecule has 21 heavy (non-hydrogen) atoms. The Morgan fingerprint density at radius 3 is 2.95 bits per heavy atom. The quantitative estimate of drug-likeness (QED) is 0.684. The van der Waals surface area contributed by atoms with Crippen molar-refractivity contribution in [1.29, 1.82) is 0 Å². The van der Waals surface area contributed by atoms with Gasteiger partial charge in [-0.25, -0.2) is 9.78 Å². The summed E-state index contributed by atoms with van der Waals surface area (Å²) in [4.78, 5) is 31.6. The van der Waals surface area contributed by atoms with Crippen molar-refractivity contribution in [3.05, 3.63) is 47.0 Å². The van der Waals surface area contributed by atoms with Crippen molar-refractivity contribution in [2.45, 2.75) is 6.92 Å². The number of nitrogens with one attached hydrogen (secondary N) is 3. The first-order chi connectivity index (χ1) is 10.1. The molecule has 0 aliphatic heterocycles. The summed E-state index contributed by atoms with van der Waals surface area (Å²) < 4.78 is 5.75. The number of hydrogen-bond acceptors (Lipinski definition) is 4. The van der Waals surface area contributed by atoms with Crippen LogP contribution in [0.1, 0.15) is 6.92 Å². The summed E-state index contributed by atoms with van der Waals surface area (Å²) in [6.07, 6.45) is 1.54. The van der Waals surface area contributed by atoms with Crippen LogP contribution in [0.4, 0.5) is 5.69 Å². The van der Waals surface area contributed by atoms with Crippen molar-refractivity contribution >= 4 is 22.8 Å². The fourth-order valence-corrected chi connectivity index (χ4v) is 1.96. The SMILES string of the molecule is CC(=O)Nc1cccc(Oc2ccnc3[nH]c(=O)[nH]c23)c1. The number of amides is 1. The van der Waals surface area contributed by atoms with E-state index in [1.54, 1.807) is 36.5 Å². The Morgan fingerprint density at radius 2 is 2.14 bits per heavy atom. The third-order valence-electron chi connectivity index (χ3n) is 2.77. The lowest BCUT2D eigenvalue weighted by Crippen LogP contribution is -2.05. The van der Waals surface area contributed by atoms with E-state index >= 15 is 0 Å². The van der Waals surface area contributed by atoms with Crippen molar-refractivity contribution in [2.75, 3.05) is 5.32 Å². The predicted octanol–water partition coefficient (Wildman–Crippen LogP) is 2.00. The normalized spacial score (nSPS) is 10.5. The molecule has 0 spiro atoms. The number of aromatic amines is 2. The number of benzene rings is 1. The van der Waals surface area contributed by atoms with Gasteiger partial charge in [0.15, 0.2) is 11.4 Å². The number of carbonyl (C=O) groups excluding carboxylic acids is 1. The van der Waals surface area contributed by atoms with Gasteiger partial charge in [-0.2, -0.15) is 0 Å². The van der Waals surface area contributed by atoms with Crippen LogP contribution in [0.2, 0.25) is 0 Å². The minimum atomic E-state index is -0.347. The summed E-state index contributed by atoms with van der Waals surface area (Å²) in [6, 6.07) is 8.62. The van der Waals surface area contributed by atoms with E-state index in [1.165, 1.54) is 6.92 Å². The molecule has 106 valence electrons. The highest BCUT2D eigenvalue weighted by Crippen LogP contribution is 2.27. The van der Waals surface area contributed by atoms with Crippen LogP contribution < -0.4 is 15.7 Å². The lowest BCUT2D eigenvalue weighted by Gasteiger charge is -2.08. The van der Waals surface area contributed by atoms with E-state index in [2.05, 4.69) is 20.3 Å². The first-order valence-corrected chi connectivity index (χ1v) is 6.24. The molecule has 1 aromatic carbocycles. The maximum Gasteiger partial charge on any atom is 0.325 e. The van der Waals surface area contributed by atoms with Crippen LogP contribution in [0.15, 0.2) is 41.3 Å². The molecule has 0 fully saturated rings. The number of anilines is 1. The standard InChI is InChI=1S/C14H12N4O3/c1-8(19)16-9-3-2-4-10(7-9)21-11-5-6-15-13-12(11)17-14(20)18-13/h2-7H,1H3,(H,16,19)(H2,15,17,18,20). The predicted molar refractivity (Wildman–Crippen MR) is 77.5 cm³/mol. The number of fused-ring (bicyclic) bond motifs is 1. The summed E-state index contributed by atoms with van der Waals surface area (Å²) >= 11 is 0. The zero-order valence-corrected chi connectivity index (χ0v) is 11.1. The van der Waals surface area contributed by atoms with E-state index in [0.717, 1.165) is 0 Å². The minimum absolute atomic E-state index is 0.159. The lowest BCUT2D eigenvalue weighted by molar-refractivity contribution is -0.114. The highest BCUT2D eigenvalue weighted by atomic mass is 16.5. The monoisotopic (exact) mass is 284 g/mol. The molecule has 0 unspecified atom stereocenters. The Balaban J connectivity index is 1.95. The fraction of sp³-hybridized carbons (Fsp3) is 0.0714. The van der Waals surface area contributed by atoms with Crippen molar-refractivity contribution in [3.8, 4) is 11.5 Å². The van der Waals surface area contributed by atoms with Crippen LogP contribution in [-0.4, -0.2) is 20.9 Å². The number of H-pyrrole nitrogens is 2. The van der Waals surface area contributed by atoms with E-state index in [-0.39, 0.29) is 11.6 Å². The second-order valence-electron chi connectivity index (χ2n) is 4.42. The summed E-state index contributed by atoms with van der Waals surface area (Å²) in [5.41, 5.74) is 1.20. The molecule has 3 rings (SSSR count). The maximum atomic E-state index is 11.3. The molecule has 0 atom stereocenters. The first kappa shape index (κ1) is 12.9. The summed E-state index contributed by atoms with van der Waals surface area (Å²) in [6.45, 7) is 1.43. The number of ether oxygens (including phenoxy) is 1. The van der Waals surface area contributed by atoms with Gasteiger partial charge in [0.05, 0.1) is 0 Å². The number of carbonyl (C=O) groups is 1. The Labute approximate surface area is 119 Å². The van der Waals surface area contributed by atoms with Gasteiger partial charge in [-0.1, -0.05) is 6.07 Å². The molecule has 7 nitrogen and oxygen atoms in total. The molecular formula is C14H12N4O3. The molecule has 3 aromatic rings. The molecule has 0 aliphatic carbocycles. The summed E-state index contributed by atoms with van der Waals surface area (Å²) in [5.74, 6) is 0.850. The zero-order chi connectivity index (χ0) is 14.8. The number of pyridine rings is 1. The number of imidazole rings is 1. The van der Waals surface area contributed by atoms with Gasteiger partial charge in [0.1, 0.15) is 11.3 Å². The van der Waals surface area contributed by atoms with Gasteiger partial charge in [-0.15, -0.1) is 0 Å². The molecule has 0 saturated carbocycles. The van der Waals surface area contributed by atoms with Gasteiger partial charge in [0, 0.05) is 30.9 Å². The van der Waals surface area contributed by atoms with E-state index in [4.69, 9.17) is 4.74 Å². The largest absolute Gasteiger partial charge is 0.455 e. The van der Waals surface area contributed by atoms with Crippen LogP contribution in [0, 0.1) is 0 Å². The molecule has 1 amide bonds. The Kier molecular flexibility index (Phi) is 3.15. The van der Waals surface area contributed by atoms with Crippen LogP contribution >= 0.6 is 0 Å². The highest BCUT2D eigenvalue weighted by Gasteiger charge is 2.08. The third kappa shape index (κ3) is 2.76. The number of hydrogen-bond donors (Lipinski definition) is 3. The van der Waals surface area contributed by atoms with Crippen molar-refractivity contribution in [3.63, 3.8) is 0 Å². The molecule has 0 radical (unpaired) electrons. The summed E-state index contributed by atoms with van der Waals surface area (Å²) in [7, 11) is 0. The number of aromatic nitrogens is 3. The van der Waals surface area contributed by atoms with E-state index in [9.17, 15) is 9.59 Å². The molecule has 7 heteroatoms. The van der Waals surface area contributed by atoms with Crippen molar-refractivity contribution in [2.24, 2.45) is 0 Å². The summed E-state index contributed by atoms with van der Waals surface area (Å²) in [5, 5.41) is 2.68. The average molecular weight is 284 g/mol. The van der Waals surface area contributed by atoms with Gasteiger partial charge in [0.2, 0.25) is 5.91 Å². The van der Waals surface area contributed by atoms with Crippen LogP contribution in [0.3, 0.4) is 0 Å². The van der Waals surface area contributed by atoms with Gasteiger partial charge < -0.3 is 15.0 Å². The zero-order valence-electron chi connectivity index (χ0n) is 11.1. The molecule has 3 N–H and O–H groups in total. The fourth-order valence-electron chi connectivity index (χ4n) is 1.96. The molecule has 2 aromatic heterocycles. The maximum absolute atomic E-state index is 11.3. The van der Waals surface area contributed by atoms with E-state index in [0.29, 0.717) is 28.4 Å². The third-order valence-corrected chi connectivity index (χ3v) is 2.77. The second kappa shape index (κ2) is 5.12. The van der Waals surface area contributed by atoms with Crippen LogP contribution in [-0.2, 0) is 4.79 Å². The molecule has 0 aliphatic rings. The highest BCUT2D eigenvalue weighted by molar-refractivity contribution is 5.88. The van der Waals surface area contributed by atoms with E-state index in [1.807, 2.05) is 0 Å². The van der Waals surface area contributed by atoms with Crippen LogP contribution in [0.25, 0.3) is 11.2 Å². The average Bonchev–Trinajstić information content (AvgIpc) is 2.80. The Morgan fingerprint density at radius 1 is 1.29 bits per heavy atom. The van der Waals surface area contributed by atoms with Crippen molar-refractivity contribution in [1.82, 2.24) is 15.0 Å². The lowest BCUT2D eigenvalue weighted by atomic mass is 10.3. The molecular weight excluding hydrogens is 272 g/mol. The minimum Gasteiger partial charge on any atom is -0.455 e. The Bertz CT molecular complexity index is 866. The topological polar surface area (TPSA) is 99.9 Å². The second-order valence-corrected chi connectivity index (χ2v) is 4.42. The smallest absolute Gasteiger partial charge is 0.325 e. The Hall–Kier alpha value is -3.09. The van der Waals surface area contributed by atoms with Gasteiger partial charge in [-0.05, 0) is 12.1 Å². The van der Waals surface area contributed by atoms with Gasteiger partial charge in [-0.3, -0.25) is 9.78 Å². The van der Waals surface area contributed by atoms with Gasteiger partial charge >= 0.3 is 5.69 Å². The molecule has 0 saturated heterocycles. The van der Waals surface area contributed by atoms with Crippen LogP contribution in [0.5, 0.6) is 11.5 Å². The number of rotatable bonds is 3. The first-order valence-electron chi connectivity index (χ1n) is 6.24. The molecule has 0 bridgehead atoms.